The Morgan fingerprint density at radius 3 is 2.79 bits per heavy atom. The first-order valence-corrected chi connectivity index (χ1v) is 7.08. The molecule has 0 radical (unpaired) electrons. The number of nitrogens with zero attached hydrogens (tertiary/aromatic N) is 1. The van der Waals surface area contributed by atoms with Gasteiger partial charge in [-0.25, -0.2) is 0 Å². The van der Waals surface area contributed by atoms with Crippen molar-refractivity contribution in [3.05, 3.63) is 23.8 Å². The first-order valence-electron chi connectivity index (χ1n) is 7.08. The lowest BCUT2D eigenvalue weighted by Crippen LogP contribution is -2.36. The van der Waals surface area contributed by atoms with Gasteiger partial charge in [-0.2, -0.15) is 0 Å². The summed E-state index contributed by atoms with van der Waals surface area (Å²) in [5.41, 5.74) is 7.19. The highest BCUT2D eigenvalue weighted by Crippen LogP contribution is 2.36. The van der Waals surface area contributed by atoms with Crippen LogP contribution in [0.4, 0.5) is 0 Å². The Kier molecular flexibility index (Phi) is 3.62. The van der Waals surface area contributed by atoms with Gasteiger partial charge in [0.1, 0.15) is 0 Å². The summed E-state index contributed by atoms with van der Waals surface area (Å²) in [6, 6.07) is 6.41. The second kappa shape index (κ2) is 5.39. The maximum absolute atomic E-state index is 5.97. The molecule has 1 unspecified atom stereocenters. The van der Waals surface area contributed by atoms with Gasteiger partial charge in [-0.3, -0.25) is 4.90 Å². The molecule has 1 heterocycles. The van der Waals surface area contributed by atoms with Gasteiger partial charge >= 0.3 is 0 Å². The van der Waals surface area contributed by atoms with E-state index in [0.29, 0.717) is 13.3 Å². The molecule has 2 N–H and O–H groups in total. The van der Waals surface area contributed by atoms with Crippen LogP contribution in [0.5, 0.6) is 11.5 Å². The molecule has 1 atom stereocenters. The van der Waals surface area contributed by atoms with E-state index in [1.165, 1.54) is 24.8 Å². The van der Waals surface area contributed by atoms with Crippen molar-refractivity contribution in [2.45, 2.75) is 25.3 Å². The van der Waals surface area contributed by atoms with Gasteiger partial charge < -0.3 is 15.2 Å². The molecule has 104 valence electrons. The largest absolute Gasteiger partial charge is 0.454 e. The van der Waals surface area contributed by atoms with Crippen molar-refractivity contribution in [1.29, 1.82) is 0 Å². The molecule has 0 bridgehead atoms. The average molecular weight is 262 g/mol. The summed E-state index contributed by atoms with van der Waals surface area (Å²) in [4.78, 5) is 2.38. The fourth-order valence-corrected chi connectivity index (χ4v) is 2.90. The Hall–Kier alpha value is -1.26. The van der Waals surface area contributed by atoms with Gasteiger partial charge in [0, 0.05) is 19.1 Å². The molecule has 1 aliphatic heterocycles. The van der Waals surface area contributed by atoms with Gasteiger partial charge in [-0.05, 0) is 43.5 Å². The quantitative estimate of drug-likeness (QED) is 0.883. The van der Waals surface area contributed by atoms with Crippen molar-refractivity contribution in [3.63, 3.8) is 0 Å². The van der Waals surface area contributed by atoms with E-state index in [9.17, 15) is 0 Å². The van der Waals surface area contributed by atoms with E-state index in [1.807, 2.05) is 6.07 Å². The molecule has 3 rings (SSSR count). The fraction of sp³-hybridized carbons (Fsp3) is 0.600. The maximum Gasteiger partial charge on any atom is 0.231 e. The molecule has 4 nitrogen and oxygen atoms in total. The highest BCUT2D eigenvalue weighted by Gasteiger charge is 2.24. The van der Waals surface area contributed by atoms with Crippen molar-refractivity contribution < 1.29 is 9.47 Å². The molecule has 1 aliphatic carbocycles. The smallest absolute Gasteiger partial charge is 0.231 e. The highest BCUT2D eigenvalue weighted by atomic mass is 16.7. The molecular formula is C15H22N2O2. The third-order valence-electron chi connectivity index (χ3n) is 4.31. The van der Waals surface area contributed by atoms with Gasteiger partial charge in [-0.15, -0.1) is 0 Å². The van der Waals surface area contributed by atoms with E-state index < -0.39 is 0 Å². The maximum atomic E-state index is 5.97. The number of hydrogen-bond donors (Lipinski definition) is 1. The zero-order valence-corrected chi connectivity index (χ0v) is 11.5. The molecule has 1 saturated carbocycles. The summed E-state index contributed by atoms with van der Waals surface area (Å²) in [5, 5.41) is 0. The van der Waals surface area contributed by atoms with Crippen LogP contribution in [0.2, 0.25) is 0 Å². The zero-order valence-electron chi connectivity index (χ0n) is 11.5. The van der Waals surface area contributed by atoms with Gasteiger partial charge in [-0.1, -0.05) is 12.5 Å². The van der Waals surface area contributed by atoms with E-state index in [2.05, 4.69) is 24.1 Å². The number of hydrogen-bond acceptors (Lipinski definition) is 4. The minimum Gasteiger partial charge on any atom is -0.454 e. The number of nitrogens with two attached hydrogens (primary N) is 1. The second-order valence-corrected chi connectivity index (χ2v) is 5.60. The average Bonchev–Trinajstić information content (AvgIpc) is 2.82. The zero-order chi connectivity index (χ0) is 13.2. The SMILES string of the molecule is CN(CC1CCC1)C(CN)c1ccc2c(c1)OCO2. The third-order valence-corrected chi connectivity index (χ3v) is 4.31. The van der Waals surface area contributed by atoms with Crippen LogP contribution in [0.1, 0.15) is 30.9 Å². The van der Waals surface area contributed by atoms with E-state index in [0.717, 1.165) is 24.0 Å². The van der Waals surface area contributed by atoms with Crippen LogP contribution < -0.4 is 15.2 Å². The Balaban J connectivity index is 1.73. The Morgan fingerprint density at radius 1 is 1.32 bits per heavy atom. The molecular weight excluding hydrogens is 240 g/mol. The van der Waals surface area contributed by atoms with Crippen molar-refractivity contribution >= 4 is 0 Å². The van der Waals surface area contributed by atoms with Crippen LogP contribution in [-0.2, 0) is 0 Å². The molecule has 1 fully saturated rings. The summed E-state index contributed by atoms with van der Waals surface area (Å²) in [7, 11) is 2.17. The van der Waals surface area contributed by atoms with Crippen molar-refractivity contribution in [3.8, 4) is 11.5 Å². The van der Waals surface area contributed by atoms with E-state index in [1.54, 1.807) is 0 Å². The first-order chi connectivity index (χ1) is 9.28. The topological polar surface area (TPSA) is 47.7 Å². The highest BCUT2D eigenvalue weighted by molar-refractivity contribution is 5.45. The predicted molar refractivity (Wildman–Crippen MR) is 74.3 cm³/mol. The standard InChI is InChI=1S/C15H22N2O2/c1-17(9-11-3-2-4-11)13(8-16)12-5-6-14-15(7-12)19-10-18-14/h5-7,11,13H,2-4,8-10,16H2,1H3. The summed E-state index contributed by atoms with van der Waals surface area (Å²) in [5.74, 6) is 2.53. The van der Waals surface area contributed by atoms with Gasteiger partial charge in [0.05, 0.1) is 0 Å². The summed E-state index contributed by atoms with van der Waals surface area (Å²) in [6.07, 6.45) is 4.11. The predicted octanol–water partition coefficient (Wildman–Crippen LogP) is 2.15. The van der Waals surface area contributed by atoms with Crippen LogP contribution >= 0.6 is 0 Å². The molecule has 1 aromatic carbocycles. The van der Waals surface area contributed by atoms with E-state index in [-0.39, 0.29) is 6.04 Å². The summed E-state index contributed by atoms with van der Waals surface area (Å²) >= 11 is 0. The number of rotatable bonds is 5. The van der Waals surface area contributed by atoms with E-state index >= 15 is 0 Å². The summed E-state index contributed by atoms with van der Waals surface area (Å²) < 4.78 is 10.8. The fourth-order valence-electron chi connectivity index (χ4n) is 2.90. The Labute approximate surface area is 114 Å². The minimum atomic E-state index is 0.259. The third kappa shape index (κ3) is 2.55. The minimum absolute atomic E-state index is 0.259. The van der Waals surface area contributed by atoms with E-state index in [4.69, 9.17) is 15.2 Å². The van der Waals surface area contributed by atoms with Crippen molar-refractivity contribution in [1.82, 2.24) is 4.90 Å². The monoisotopic (exact) mass is 262 g/mol. The van der Waals surface area contributed by atoms with Crippen molar-refractivity contribution in [2.75, 3.05) is 26.9 Å². The molecule has 19 heavy (non-hydrogen) atoms. The van der Waals surface area contributed by atoms with Crippen LogP contribution in [0, 0.1) is 5.92 Å². The number of ether oxygens (including phenoxy) is 2. The Bertz CT molecular complexity index is 446. The number of fused-ring (bicyclic) bond motifs is 1. The lowest BCUT2D eigenvalue weighted by molar-refractivity contribution is 0.164. The lowest BCUT2D eigenvalue weighted by atomic mass is 9.85. The molecule has 2 aliphatic rings. The number of likely N-dealkylation sites (N-methyl/N-ethyl adjacent to an activating group) is 1. The summed E-state index contributed by atoms with van der Waals surface area (Å²) in [6.45, 7) is 2.09. The molecule has 1 aromatic rings. The second-order valence-electron chi connectivity index (χ2n) is 5.60. The molecule has 0 amide bonds. The van der Waals surface area contributed by atoms with Crippen LogP contribution in [0.25, 0.3) is 0 Å². The first kappa shape index (κ1) is 12.8. The normalized spacial score (nSPS) is 19.5. The molecule has 0 spiro atoms. The molecule has 4 heteroatoms. The molecule has 0 aromatic heterocycles. The van der Waals surface area contributed by atoms with Crippen LogP contribution in [0.3, 0.4) is 0 Å². The lowest BCUT2D eigenvalue weighted by Gasteiger charge is -2.34. The van der Waals surface area contributed by atoms with Crippen LogP contribution in [-0.4, -0.2) is 31.8 Å². The van der Waals surface area contributed by atoms with Gasteiger partial charge in [0.25, 0.3) is 0 Å². The van der Waals surface area contributed by atoms with Crippen molar-refractivity contribution in [2.24, 2.45) is 11.7 Å². The Morgan fingerprint density at radius 2 is 2.11 bits per heavy atom. The number of benzene rings is 1. The van der Waals surface area contributed by atoms with Crippen LogP contribution in [0.15, 0.2) is 18.2 Å². The van der Waals surface area contributed by atoms with Gasteiger partial charge in [0.2, 0.25) is 6.79 Å². The molecule has 0 saturated heterocycles. The van der Waals surface area contributed by atoms with Gasteiger partial charge in [0.15, 0.2) is 11.5 Å².